The molecule has 0 aromatic heterocycles. The molecule has 0 saturated carbocycles. The number of benzene rings is 1. The molecule has 1 atom stereocenters. The van der Waals surface area contributed by atoms with Crippen molar-refractivity contribution in [2.75, 3.05) is 18.7 Å². The van der Waals surface area contributed by atoms with Crippen LogP contribution in [0.25, 0.3) is 0 Å². The van der Waals surface area contributed by atoms with Crippen molar-refractivity contribution in [3.8, 4) is 11.5 Å². The molecule has 0 fully saturated rings. The molecule has 0 spiro atoms. The number of nitrogens with one attached hydrogen (secondary N) is 1. The molecule has 1 aromatic rings. The first kappa shape index (κ1) is 11.1. The molecular formula is C12H18N2O2. The first-order valence-electron chi connectivity index (χ1n) is 5.57. The number of ether oxygens (including phenoxy) is 2. The quantitative estimate of drug-likeness (QED) is 0.815. The number of rotatable bonds is 4. The Labute approximate surface area is 95.7 Å². The van der Waals surface area contributed by atoms with Crippen LogP contribution in [-0.2, 0) is 0 Å². The van der Waals surface area contributed by atoms with Crippen LogP contribution in [0.15, 0.2) is 18.2 Å². The van der Waals surface area contributed by atoms with Crippen molar-refractivity contribution in [2.45, 2.75) is 19.9 Å². The van der Waals surface area contributed by atoms with Gasteiger partial charge in [-0.1, -0.05) is 13.8 Å². The minimum atomic E-state index is 0.278. The lowest BCUT2D eigenvalue weighted by atomic mass is 10.0. The summed E-state index contributed by atoms with van der Waals surface area (Å²) >= 11 is 0. The van der Waals surface area contributed by atoms with Crippen LogP contribution in [0.5, 0.6) is 11.5 Å². The van der Waals surface area contributed by atoms with Crippen molar-refractivity contribution in [1.82, 2.24) is 0 Å². The fraction of sp³-hybridized carbons (Fsp3) is 0.500. The van der Waals surface area contributed by atoms with Gasteiger partial charge in [0.05, 0.1) is 0 Å². The largest absolute Gasteiger partial charge is 0.454 e. The fourth-order valence-electron chi connectivity index (χ4n) is 1.70. The van der Waals surface area contributed by atoms with Crippen LogP contribution in [0, 0.1) is 5.92 Å². The fourth-order valence-corrected chi connectivity index (χ4v) is 1.70. The third kappa shape index (κ3) is 2.22. The summed E-state index contributed by atoms with van der Waals surface area (Å²) in [4.78, 5) is 0. The summed E-state index contributed by atoms with van der Waals surface area (Å²) < 4.78 is 10.6. The Morgan fingerprint density at radius 3 is 2.75 bits per heavy atom. The molecule has 0 aliphatic carbocycles. The lowest BCUT2D eigenvalue weighted by molar-refractivity contribution is 0.174. The molecule has 4 heteroatoms. The normalized spacial score (nSPS) is 15.2. The van der Waals surface area contributed by atoms with E-state index < -0.39 is 0 Å². The summed E-state index contributed by atoms with van der Waals surface area (Å²) in [7, 11) is 0. The van der Waals surface area contributed by atoms with Crippen LogP contribution in [0.4, 0.5) is 5.69 Å². The maximum Gasteiger partial charge on any atom is 0.231 e. The average Bonchev–Trinajstić information content (AvgIpc) is 2.72. The van der Waals surface area contributed by atoms with Crippen LogP contribution in [0.3, 0.4) is 0 Å². The van der Waals surface area contributed by atoms with E-state index in [-0.39, 0.29) is 6.04 Å². The van der Waals surface area contributed by atoms with E-state index in [1.54, 1.807) is 0 Å². The minimum Gasteiger partial charge on any atom is -0.454 e. The molecule has 1 aromatic carbocycles. The zero-order valence-electron chi connectivity index (χ0n) is 9.69. The Balaban J connectivity index is 2.10. The third-order valence-corrected chi connectivity index (χ3v) is 2.78. The molecule has 0 radical (unpaired) electrons. The van der Waals surface area contributed by atoms with Crippen molar-refractivity contribution >= 4 is 5.69 Å². The van der Waals surface area contributed by atoms with Crippen molar-refractivity contribution in [2.24, 2.45) is 11.7 Å². The summed E-state index contributed by atoms with van der Waals surface area (Å²) in [6.45, 7) is 5.23. The van der Waals surface area contributed by atoms with Gasteiger partial charge in [-0.2, -0.15) is 0 Å². The number of fused-ring (bicyclic) bond motifs is 1. The zero-order valence-corrected chi connectivity index (χ0v) is 9.69. The molecule has 1 aliphatic rings. The predicted molar refractivity (Wildman–Crippen MR) is 63.9 cm³/mol. The zero-order chi connectivity index (χ0) is 11.5. The van der Waals surface area contributed by atoms with Gasteiger partial charge >= 0.3 is 0 Å². The van der Waals surface area contributed by atoms with Crippen molar-refractivity contribution in [1.29, 1.82) is 0 Å². The van der Waals surface area contributed by atoms with Crippen LogP contribution in [0.1, 0.15) is 13.8 Å². The smallest absolute Gasteiger partial charge is 0.231 e. The summed E-state index contributed by atoms with van der Waals surface area (Å²) in [6.07, 6.45) is 0. The molecule has 0 amide bonds. The Hall–Kier alpha value is -1.42. The number of hydrogen-bond donors (Lipinski definition) is 2. The Bertz CT molecular complexity index is 366. The van der Waals surface area contributed by atoms with Gasteiger partial charge in [0, 0.05) is 24.3 Å². The van der Waals surface area contributed by atoms with E-state index in [4.69, 9.17) is 15.2 Å². The molecule has 4 nitrogen and oxygen atoms in total. The molecule has 3 N–H and O–H groups in total. The highest BCUT2D eigenvalue weighted by molar-refractivity contribution is 5.56. The molecule has 2 rings (SSSR count). The van der Waals surface area contributed by atoms with Crippen LogP contribution in [0.2, 0.25) is 0 Å². The maximum atomic E-state index is 5.72. The van der Waals surface area contributed by atoms with E-state index in [2.05, 4.69) is 19.2 Å². The van der Waals surface area contributed by atoms with Gasteiger partial charge in [0.15, 0.2) is 11.5 Å². The summed E-state index contributed by atoms with van der Waals surface area (Å²) in [5.74, 6) is 2.10. The molecule has 0 saturated heterocycles. The monoisotopic (exact) mass is 222 g/mol. The van der Waals surface area contributed by atoms with E-state index in [1.807, 2.05) is 18.2 Å². The molecule has 1 unspecified atom stereocenters. The summed E-state index contributed by atoms with van der Waals surface area (Å²) in [5.41, 5.74) is 6.74. The highest BCUT2D eigenvalue weighted by Crippen LogP contribution is 2.34. The van der Waals surface area contributed by atoms with Gasteiger partial charge in [-0.15, -0.1) is 0 Å². The van der Waals surface area contributed by atoms with E-state index in [0.29, 0.717) is 19.3 Å². The average molecular weight is 222 g/mol. The van der Waals surface area contributed by atoms with E-state index >= 15 is 0 Å². The number of hydrogen-bond acceptors (Lipinski definition) is 4. The van der Waals surface area contributed by atoms with Gasteiger partial charge in [0.25, 0.3) is 0 Å². The number of anilines is 1. The molecular weight excluding hydrogens is 204 g/mol. The van der Waals surface area contributed by atoms with E-state index in [0.717, 1.165) is 17.2 Å². The van der Waals surface area contributed by atoms with Gasteiger partial charge in [-0.25, -0.2) is 0 Å². The minimum absolute atomic E-state index is 0.278. The van der Waals surface area contributed by atoms with E-state index in [1.165, 1.54) is 0 Å². The summed E-state index contributed by atoms with van der Waals surface area (Å²) in [6, 6.07) is 6.13. The van der Waals surface area contributed by atoms with Crippen molar-refractivity contribution in [3.05, 3.63) is 18.2 Å². The molecule has 16 heavy (non-hydrogen) atoms. The van der Waals surface area contributed by atoms with Gasteiger partial charge in [-0.3, -0.25) is 0 Å². The Morgan fingerprint density at radius 2 is 2.06 bits per heavy atom. The maximum absolute atomic E-state index is 5.72. The first-order chi connectivity index (χ1) is 7.70. The van der Waals surface area contributed by atoms with Crippen molar-refractivity contribution in [3.63, 3.8) is 0 Å². The van der Waals surface area contributed by atoms with Gasteiger partial charge in [0.2, 0.25) is 6.79 Å². The lowest BCUT2D eigenvalue weighted by Gasteiger charge is -2.21. The Morgan fingerprint density at radius 1 is 1.31 bits per heavy atom. The van der Waals surface area contributed by atoms with Gasteiger partial charge in [0.1, 0.15) is 0 Å². The molecule has 0 bridgehead atoms. The van der Waals surface area contributed by atoms with Crippen molar-refractivity contribution < 1.29 is 9.47 Å². The molecule has 1 aliphatic heterocycles. The highest BCUT2D eigenvalue weighted by Gasteiger charge is 2.15. The SMILES string of the molecule is CC(C)C(CN)Nc1ccc2c(c1)OCO2. The first-order valence-corrected chi connectivity index (χ1v) is 5.57. The second-order valence-electron chi connectivity index (χ2n) is 4.30. The third-order valence-electron chi connectivity index (χ3n) is 2.78. The second-order valence-corrected chi connectivity index (χ2v) is 4.30. The molecule has 1 heterocycles. The van der Waals surface area contributed by atoms with Crippen LogP contribution >= 0.6 is 0 Å². The summed E-state index contributed by atoms with van der Waals surface area (Å²) in [5, 5.41) is 3.40. The van der Waals surface area contributed by atoms with Crippen LogP contribution in [-0.4, -0.2) is 19.4 Å². The van der Waals surface area contributed by atoms with E-state index in [9.17, 15) is 0 Å². The standard InChI is InChI=1S/C12H18N2O2/c1-8(2)10(6-13)14-9-3-4-11-12(5-9)16-7-15-11/h3-5,8,10,14H,6-7,13H2,1-2H3. The van der Waals surface area contributed by atoms with Gasteiger partial charge in [-0.05, 0) is 18.1 Å². The second kappa shape index (κ2) is 4.61. The highest BCUT2D eigenvalue weighted by atomic mass is 16.7. The number of nitrogens with two attached hydrogens (primary N) is 1. The topological polar surface area (TPSA) is 56.5 Å². The van der Waals surface area contributed by atoms with Gasteiger partial charge < -0.3 is 20.5 Å². The van der Waals surface area contributed by atoms with Crippen LogP contribution < -0.4 is 20.5 Å². The Kier molecular flexibility index (Phi) is 3.19. The predicted octanol–water partition coefficient (Wildman–Crippen LogP) is 1.81. The lowest BCUT2D eigenvalue weighted by Crippen LogP contribution is -2.33. The molecule has 88 valence electrons.